The fraction of sp³-hybridized carbons (Fsp3) is 0.538. The Morgan fingerprint density at radius 1 is 1.41 bits per heavy atom. The molecule has 92 valence electrons. The summed E-state index contributed by atoms with van der Waals surface area (Å²) in [7, 11) is 0. The Labute approximate surface area is 99.0 Å². The lowest BCUT2D eigenvalue weighted by Crippen LogP contribution is -2.35. The molecule has 17 heavy (non-hydrogen) atoms. The Balaban J connectivity index is 2.16. The van der Waals surface area contributed by atoms with Gasteiger partial charge >= 0.3 is 0 Å². The summed E-state index contributed by atoms with van der Waals surface area (Å²) in [6.07, 6.45) is 2.24. The highest BCUT2D eigenvalue weighted by molar-refractivity contribution is 5.44. The molecule has 0 amide bonds. The number of benzene rings is 1. The minimum absolute atomic E-state index is 0.180. The van der Waals surface area contributed by atoms with Gasteiger partial charge in [0.2, 0.25) is 0 Å². The minimum atomic E-state index is -0.578. The highest BCUT2D eigenvalue weighted by Gasteiger charge is 2.37. The zero-order valence-corrected chi connectivity index (χ0v) is 9.78. The van der Waals surface area contributed by atoms with E-state index in [9.17, 15) is 8.78 Å². The summed E-state index contributed by atoms with van der Waals surface area (Å²) in [5.74, 6) is -0.556. The molecule has 2 aliphatic rings. The molecule has 0 aliphatic carbocycles. The topological polar surface area (TPSA) is 21.3 Å². The Hall–Kier alpha value is -1.16. The van der Waals surface area contributed by atoms with Gasteiger partial charge in [0.05, 0.1) is 6.61 Å². The predicted octanol–water partition coefficient (Wildman–Crippen LogP) is 2.50. The van der Waals surface area contributed by atoms with Crippen molar-refractivity contribution < 1.29 is 13.5 Å². The first kappa shape index (κ1) is 11.0. The predicted molar refractivity (Wildman–Crippen MR) is 60.1 cm³/mol. The van der Waals surface area contributed by atoms with E-state index in [1.54, 1.807) is 0 Å². The molecule has 1 aromatic rings. The summed E-state index contributed by atoms with van der Waals surface area (Å²) in [6.45, 7) is 3.12. The summed E-state index contributed by atoms with van der Waals surface area (Å²) in [6, 6.07) is 1.33. The third-order valence-corrected chi connectivity index (χ3v) is 3.81. The number of rotatable bonds is 1. The Morgan fingerprint density at radius 3 is 2.94 bits per heavy atom. The van der Waals surface area contributed by atoms with Crippen LogP contribution in [0.25, 0.3) is 0 Å². The van der Waals surface area contributed by atoms with Crippen LogP contribution in [0.2, 0.25) is 0 Å². The summed E-state index contributed by atoms with van der Waals surface area (Å²) in [5.41, 5.74) is 0.127. The van der Waals surface area contributed by atoms with Gasteiger partial charge in [0.1, 0.15) is 17.4 Å². The number of hydrogen-bond donors (Lipinski definition) is 1. The van der Waals surface area contributed by atoms with Crippen LogP contribution < -0.4 is 10.1 Å². The van der Waals surface area contributed by atoms with Crippen molar-refractivity contribution in [1.29, 1.82) is 0 Å². The van der Waals surface area contributed by atoms with E-state index in [0.29, 0.717) is 24.3 Å². The molecule has 0 bridgehead atoms. The van der Waals surface area contributed by atoms with Crippen LogP contribution in [0, 0.1) is 11.6 Å². The molecule has 0 radical (unpaired) electrons. The van der Waals surface area contributed by atoms with E-state index in [2.05, 4.69) is 5.32 Å². The van der Waals surface area contributed by atoms with E-state index in [1.807, 2.05) is 6.92 Å². The first-order chi connectivity index (χ1) is 8.12. The van der Waals surface area contributed by atoms with E-state index in [1.165, 1.54) is 6.07 Å². The summed E-state index contributed by atoms with van der Waals surface area (Å²) < 4.78 is 33.6. The van der Waals surface area contributed by atoms with Crippen LogP contribution in [0.1, 0.15) is 30.9 Å². The van der Waals surface area contributed by atoms with Gasteiger partial charge in [0.25, 0.3) is 0 Å². The first-order valence-corrected chi connectivity index (χ1v) is 6.01. The van der Waals surface area contributed by atoms with Crippen LogP contribution >= 0.6 is 0 Å². The van der Waals surface area contributed by atoms with Crippen molar-refractivity contribution in [1.82, 2.24) is 5.32 Å². The van der Waals surface area contributed by atoms with Gasteiger partial charge in [-0.1, -0.05) is 0 Å². The van der Waals surface area contributed by atoms with E-state index < -0.39 is 17.2 Å². The molecule has 1 saturated heterocycles. The molecule has 1 atom stereocenters. The van der Waals surface area contributed by atoms with Crippen molar-refractivity contribution in [2.24, 2.45) is 0 Å². The van der Waals surface area contributed by atoms with Crippen molar-refractivity contribution in [3.05, 3.63) is 28.8 Å². The largest absolute Gasteiger partial charge is 0.493 e. The van der Waals surface area contributed by atoms with E-state index in [0.717, 1.165) is 19.4 Å². The average molecular weight is 239 g/mol. The van der Waals surface area contributed by atoms with Crippen molar-refractivity contribution in [2.75, 3.05) is 13.2 Å². The Bertz CT molecular complexity index is 467. The molecule has 2 nitrogen and oxygen atoms in total. The van der Waals surface area contributed by atoms with Gasteiger partial charge < -0.3 is 10.1 Å². The maximum atomic E-state index is 14.4. The standard InChI is InChI=1S/C13H15F2NO/c1-13(4-2-5-16-13)11-9(14)7-10-8(12(11)15)3-6-17-10/h7,16H,2-6H2,1H3. The Kier molecular flexibility index (Phi) is 2.36. The zero-order valence-electron chi connectivity index (χ0n) is 9.78. The monoisotopic (exact) mass is 239 g/mol. The maximum absolute atomic E-state index is 14.4. The first-order valence-electron chi connectivity index (χ1n) is 6.01. The lowest BCUT2D eigenvalue weighted by Gasteiger charge is -2.26. The second-order valence-corrected chi connectivity index (χ2v) is 4.98. The number of halogens is 2. The Morgan fingerprint density at radius 2 is 2.24 bits per heavy atom. The van der Waals surface area contributed by atoms with Crippen LogP contribution in [-0.4, -0.2) is 13.2 Å². The normalized spacial score (nSPS) is 27.0. The SMILES string of the molecule is CC1(c2c(F)cc3c(c2F)CCO3)CCCN1. The number of ether oxygens (including phenoxy) is 1. The number of fused-ring (bicyclic) bond motifs is 1. The zero-order chi connectivity index (χ0) is 12.0. The number of hydrogen-bond acceptors (Lipinski definition) is 2. The third kappa shape index (κ3) is 1.54. The van der Waals surface area contributed by atoms with Crippen molar-refractivity contribution in [3.8, 4) is 5.75 Å². The smallest absolute Gasteiger partial charge is 0.138 e. The van der Waals surface area contributed by atoms with Gasteiger partial charge in [0, 0.05) is 29.2 Å². The lowest BCUT2D eigenvalue weighted by molar-refractivity contribution is 0.352. The summed E-state index contributed by atoms with van der Waals surface area (Å²) in [5, 5.41) is 3.20. The third-order valence-electron chi connectivity index (χ3n) is 3.81. The second kappa shape index (κ2) is 3.67. The van der Waals surface area contributed by atoms with E-state index in [4.69, 9.17) is 4.74 Å². The molecule has 2 aliphatic heterocycles. The van der Waals surface area contributed by atoms with Gasteiger partial charge in [-0.3, -0.25) is 0 Å². The van der Waals surface area contributed by atoms with Gasteiger partial charge in [-0.2, -0.15) is 0 Å². The average Bonchev–Trinajstić information content (AvgIpc) is 2.87. The van der Waals surface area contributed by atoms with Gasteiger partial charge in [0.15, 0.2) is 0 Å². The van der Waals surface area contributed by atoms with E-state index in [-0.39, 0.29) is 5.56 Å². The van der Waals surface area contributed by atoms with Crippen LogP contribution in [0.15, 0.2) is 6.07 Å². The van der Waals surface area contributed by atoms with Crippen LogP contribution in [0.5, 0.6) is 5.75 Å². The minimum Gasteiger partial charge on any atom is -0.493 e. The van der Waals surface area contributed by atoms with Crippen LogP contribution in [0.4, 0.5) is 8.78 Å². The molecule has 1 fully saturated rings. The van der Waals surface area contributed by atoms with Crippen molar-refractivity contribution in [2.45, 2.75) is 31.7 Å². The quantitative estimate of drug-likeness (QED) is 0.813. The molecule has 1 N–H and O–H groups in total. The molecule has 2 heterocycles. The molecule has 4 heteroatoms. The molecule has 1 aromatic carbocycles. The fourth-order valence-electron chi connectivity index (χ4n) is 2.88. The molecular formula is C13H15F2NO. The van der Waals surface area contributed by atoms with Crippen molar-refractivity contribution >= 4 is 0 Å². The van der Waals surface area contributed by atoms with Gasteiger partial charge in [-0.15, -0.1) is 0 Å². The molecule has 0 spiro atoms. The molecule has 0 saturated carbocycles. The molecular weight excluding hydrogens is 224 g/mol. The highest BCUT2D eigenvalue weighted by atomic mass is 19.1. The van der Waals surface area contributed by atoms with Gasteiger partial charge in [-0.25, -0.2) is 8.78 Å². The summed E-state index contributed by atoms with van der Waals surface area (Å²) >= 11 is 0. The molecule has 1 unspecified atom stereocenters. The second-order valence-electron chi connectivity index (χ2n) is 4.98. The maximum Gasteiger partial charge on any atom is 0.138 e. The fourth-order valence-corrected chi connectivity index (χ4v) is 2.88. The van der Waals surface area contributed by atoms with E-state index >= 15 is 0 Å². The van der Waals surface area contributed by atoms with Crippen molar-refractivity contribution in [3.63, 3.8) is 0 Å². The molecule has 3 rings (SSSR count). The van der Waals surface area contributed by atoms with Gasteiger partial charge in [-0.05, 0) is 26.3 Å². The summed E-state index contributed by atoms with van der Waals surface area (Å²) in [4.78, 5) is 0. The lowest BCUT2D eigenvalue weighted by atomic mass is 9.88. The highest BCUT2D eigenvalue weighted by Crippen LogP contribution is 2.39. The number of nitrogens with one attached hydrogen (secondary N) is 1. The molecule has 0 aromatic heterocycles. The van der Waals surface area contributed by atoms with Crippen LogP contribution in [0.3, 0.4) is 0 Å². The van der Waals surface area contributed by atoms with Crippen LogP contribution in [-0.2, 0) is 12.0 Å².